The maximum atomic E-state index is 10.9. The number of aromatic hydroxyl groups is 1. The first-order valence-electron chi connectivity index (χ1n) is 4.45. The van der Waals surface area contributed by atoms with Crippen molar-refractivity contribution in [2.24, 2.45) is 0 Å². The molecule has 0 atom stereocenters. The highest BCUT2D eigenvalue weighted by Crippen LogP contribution is 2.37. The third-order valence-corrected chi connectivity index (χ3v) is 2.57. The fourth-order valence-corrected chi connectivity index (χ4v) is 1.66. The van der Waals surface area contributed by atoms with E-state index in [1.165, 1.54) is 19.2 Å². The highest BCUT2D eigenvalue weighted by molar-refractivity contribution is 6.31. The Balaban J connectivity index is 3.34. The number of aldehydes is 1. The fraction of sp³-hybridized carbons (Fsp3) is 0.364. The van der Waals surface area contributed by atoms with E-state index in [2.05, 4.69) is 0 Å². The molecular formula is C11H13ClO3. The van der Waals surface area contributed by atoms with Crippen LogP contribution in [0.2, 0.25) is 5.02 Å². The summed E-state index contributed by atoms with van der Waals surface area (Å²) in [5, 5.41) is 9.98. The minimum atomic E-state index is -0.721. The summed E-state index contributed by atoms with van der Waals surface area (Å²) in [6.07, 6.45) is 0.792. The number of carbonyl (C=O) groups is 1. The van der Waals surface area contributed by atoms with Gasteiger partial charge in [0.2, 0.25) is 0 Å². The molecular weight excluding hydrogens is 216 g/mol. The molecule has 0 spiro atoms. The summed E-state index contributed by atoms with van der Waals surface area (Å²) in [7, 11) is 1.44. The van der Waals surface area contributed by atoms with Gasteiger partial charge in [-0.1, -0.05) is 11.6 Å². The Labute approximate surface area is 93.6 Å². The molecule has 1 N–H and O–H groups in total. The molecule has 1 aromatic rings. The van der Waals surface area contributed by atoms with Crippen LogP contribution in [0.25, 0.3) is 0 Å². The standard InChI is InChI=1S/C11H13ClO3/c1-11(2,6-13)7-4-9(14)10(15-3)5-8(7)12/h4-6,14H,1-3H3. The van der Waals surface area contributed by atoms with E-state index in [-0.39, 0.29) is 5.75 Å². The van der Waals surface area contributed by atoms with E-state index < -0.39 is 5.41 Å². The van der Waals surface area contributed by atoms with E-state index in [0.29, 0.717) is 16.3 Å². The van der Waals surface area contributed by atoms with Crippen LogP contribution in [-0.4, -0.2) is 18.5 Å². The molecule has 0 heterocycles. The van der Waals surface area contributed by atoms with Gasteiger partial charge < -0.3 is 14.6 Å². The van der Waals surface area contributed by atoms with Crippen molar-refractivity contribution in [1.29, 1.82) is 0 Å². The number of hydrogen-bond acceptors (Lipinski definition) is 3. The molecule has 0 saturated carbocycles. The van der Waals surface area contributed by atoms with Gasteiger partial charge >= 0.3 is 0 Å². The van der Waals surface area contributed by atoms with Gasteiger partial charge in [-0.3, -0.25) is 0 Å². The predicted octanol–water partition coefficient (Wildman–Crippen LogP) is 2.53. The minimum Gasteiger partial charge on any atom is -0.504 e. The molecule has 0 aliphatic carbocycles. The van der Waals surface area contributed by atoms with Crippen molar-refractivity contribution in [3.63, 3.8) is 0 Å². The Bertz CT molecular complexity index is 386. The Morgan fingerprint density at radius 3 is 2.53 bits per heavy atom. The molecule has 1 rings (SSSR count). The monoisotopic (exact) mass is 228 g/mol. The van der Waals surface area contributed by atoms with Gasteiger partial charge in [0.25, 0.3) is 0 Å². The van der Waals surface area contributed by atoms with Gasteiger partial charge in [0.15, 0.2) is 11.5 Å². The summed E-state index contributed by atoms with van der Waals surface area (Å²) in [6.45, 7) is 3.46. The Morgan fingerprint density at radius 2 is 2.07 bits per heavy atom. The van der Waals surface area contributed by atoms with Gasteiger partial charge in [-0.25, -0.2) is 0 Å². The number of halogens is 1. The number of rotatable bonds is 3. The number of carbonyl (C=O) groups excluding carboxylic acids is 1. The van der Waals surface area contributed by atoms with Crippen molar-refractivity contribution in [2.75, 3.05) is 7.11 Å². The average Bonchev–Trinajstić information content (AvgIpc) is 2.20. The Kier molecular flexibility index (Phi) is 3.25. The summed E-state index contributed by atoms with van der Waals surface area (Å²) in [5.74, 6) is 0.275. The van der Waals surface area contributed by atoms with Crippen LogP contribution in [0.4, 0.5) is 0 Å². The maximum Gasteiger partial charge on any atom is 0.161 e. The second-order valence-corrected chi connectivity index (χ2v) is 4.25. The summed E-state index contributed by atoms with van der Waals surface area (Å²) in [6, 6.07) is 2.95. The second kappa shape index (κ2) is 4.11. The lowest BCUT2D eigenvalue weighted by molar-refractivity contribution is -0.111. The van der Waals surface area contributed by atoms with Crippen LogP contribution < -0.4 is 4.74 Å². The van der Waals surface area contributed by atoms with Crippen molar-refractivity contribution in [3.8, 4) is 11.5 Å². The van der Waals surface area contributed by atoms with Crippen molar-refractivity contribution in [3.05, 3.63) is 22.7 Å². The lowest BCUT2D eigenvalue weighted by atomic mass is 9.86. The molecule has 0 radical (unpaired) electrons. The zero-order chi connectivity index (χ0) is 11.6. The highest BCUT2D eigenvalue weighted by Gasteiger charge is 2.24. The molecule has 0 aliphatic rings. The van der Waals surface area contributed by atoms with Crippen molar-refractivity contribution < 1.29 is 14.6 Å². The summed E-state index contributed by atoms with van der Waals surface area (Å²) < 4.78 is 4.90. The SMILES string of the molecule is COc1cc(Cl)c(C(C)(C)C=O)cc1O. The van der Waals surface area contributed by atoms with Crippen LogP contribution in [0.1, 0.15) is 19.4 Å². The van der Waals surface area contributed by atoms with Crippen LogP contribution in [0.15, 0.2) is 12.1 Å². The Hall–Kier alpha value is -1.22. The second-order valence-electron chi connectivity index (χ2n) is 3.84. The molecule has 0 unspecified atom stereocenters. The third kappa shape index (κ3) is 2.23. The number of phenolic OH excluding ortho intramolecular Hbond substituents is 1. The average molecular weight is 229 g/mol. The smallest absolute Gasteiger partial charge is 0.161 e. The van der Waals surface area contributed by atoms with Gasteiger partial charge in [-0.05, 0) is 25.5 Å². The molecule has 82 valence electrons. The first-order chi connectivity index (χ1) is 6.92. The van der Waals surface area contributed by atoms with Crippen molar-refractivity contribution >= 4 is 17.9 Å². The first kappa shape index (κ1) is 11.9. The Morgan fingerprint density at radius 1 is 1.47 bits per heavy atom. The molecule has 15 heavy (non-hydrogen) atoms. The van der Waals surface area contributed by atoms with Crippen LogP contribution in [0.5, 0.6) is 11.5 Å². The van der Waals surface area contributed by atoms with Crippen molar-refractivity contribution in [2.45, 2.75) is 19.3 Å². The topological polar surface area (TPSA) is 46.5 Å². The van der Waals surface area contributed by atoms with Gasteiger partial charge in [0.05, 0.1) is 7.11 Å². The largest absolute Gasteiger partial charge is 0.504 e. The number of hydrogen-bond donors (Lipinski definition) is 1. The number of ether oxygens (including phenoxy) is 1. The van der Waals surface area contributed by atoms with Crippen LogP contribution >= 0.6 is 11.6 Å². The molecule has 0 aliphatic heterocycles. The summed E-state index contributed by atoms with van der Waals surface area (Å²) in [5.41, 5.74) is -0.140. The maximum absolute atomic E-state index is 10.9. The van der Waals surface area contributed by atoms with Gasteiger partial charge in [-0.2, -0.15) is 0 Å². The van der Waals surface area contributed by atoms with Crippen LogP contribution in [0.3, 0.4) is 0 Å². The van der Waals surface area contributed by atoms with E-state index in [0.717, 1.165) is 6.29 Å². The van der Waals surface area contributed by atoms with E-state index in [4.69, 9.17) is 16.3 Å². The van der Waals surface area contributed by atoms with Crippen LogP contribution in [0, 0.1) is 0 Å². The number of benzene rings is 1. The number of methoxy groups -OCH3 is 1. The lowest BCUT2D eigenvalue weighted by Gasteiger charge is -2.20. The zero-order valence-corrected chi connectivity index (χ0v) is 9.63. The van der Waals surface area contributed by atoms with E-state index in [1.54, 1.807) is 13.8 Å². The summed E-state index contributed by atoms with van der Waals surface area (Å²) in [4.78, 5) is 10.9. The van der Waals surface area contributed by atoms with Gasteiger partial charge in [0.1, 0.15) is 6.29 Å². The quantitative estimate of drug-likeness (QED) is 0.809. The molecule has 1 aromatic carbocycles. The summed E-state index contributed by atoms with van der Waals surface area (Å²) >= 11 is 5.99. The van der Waals surface area contributed by atoms with Gasteiger partial charge in [0, 0.05) is 16.5 Å². The van der Waals surface area contributed by atoms with E-state index >= 15 is 0 Å². The fourth-order valence-electron chi connectivity index (χ4n) is 1.26. The minimum absolute atomic E-state index is 0.0215. The molecule has 3 nitrogen and oxygen atoms in total. The molecule has 0 amide bonds. The van der Waals surface area contributed by atoms with E-state index in [1.807, 2.05) is 0 Å². The lowest BCUT2D eigenvalue weighted by Crippen LogP contribution is -2.19. The molecule has 4 heteroatoms. The third-order valence-electron chi connectivity index (χ3n) is 2.26. The van der Waals surface area contributed by atoms with Crippen molar-refractivity contribution in [1.82, 2.24) is 0 Å². The van der Waals surface area contributed by atoms with Gasteiger partial charge in [-0.15, -0.1) is 0 Å². The molecule has 0 saturated heterocycles. The normalized spacial score (nSPS) is 11.2. The predicted molar refractivity (Wildman–Crippen MR) is 58.8 cm³/mol. The zero-order valence-electron chi connectivity index (χ0n) is 8.87. The molecule has 0 fully saturated rings. The van der Waals surface area contributed by atoms with E-state index in [9.17, 15) is 9.90 Å². The highest BCUT2D eigenvalue weighted by atomic mass is 35.5. The number of phenols is 1. The first-order valence-corrected chi connectivity index (χ1v) is 4.83. The molecule has 0 bridgehead atoms. The molecule has 0 aromatic heterocycles. The van der Waals surface area contributed by atoms with Crippen LogP contribution in [-0.2, 0) is 10.2 Å².